The van der Waals surface area contributed by atoms with Crippen molar-refractivity contribution in [3.63, 3.8) is 0 Å². The van der Waals surface area contributed by atoms with Gasteiger partial charge in [-0.1, -0.05) is 0 Å². The van der Waals surface area contributed by atoms with Crippen LogP contribution in [-0.4, -0.2) is 40.1 Å². The highest BCUT2D eigenvalue weighted by atomic mass is 16.5. The van der Waals surface area contributed by atoms with E-state index in [1.54, 1.807) is 38.5 Å². The van der Waals surface area contributed by atoms with Crippen LogP contribution in [0.3, 0.4) is 0 Å². The first-order valence-corrected chi connectivity index (χ1v) is 8.67. The van der Waals surface area contributed by atoms with E-state index in [0.717, 1.165) is 11.4 Å². The van der Waals surface area contributed by atoms with Gasteiger partial charge in [-0.2, -0.15) is 10.2 Å². The molecule has 3 rings (SSSR count). The van der Waals surface area contributed by atoms with Gasteiger partial charge in [-0.05, 0) is 38.1 Å². The summed E-state index contributed by atoms with van der Waals surface area (Å²) < 4.78 is 21.4. The fourth-order valence-electron chi connectivity index (χ4n) is 2.92. The second-order valence-corrected chi connectivity index (χ2v) is 6.00. The van der Waals surface area contributed by atoms with E-state index in [1.165, 1.54) is 0 Å². The number of amidine groups is 2. The highest BCUT2D eigenvalue weighted by molar-refractivity contribution is 6.07. The van der Waals surface area contributed by atoms with E-state index in [0.29, 0.717) is 34.7 Å². The highest BCUT2D eigenvalue weighted by Crippen LogP contribution is 2.35. The highest BCUT2D eigenvalue weighted by Gasteiger charge is 2.22. The number of methoxy groups -OCH3 is 4. The Labute approximate surface area is 164 Å². The lowest BCUT2D eigenvalue weighted by molar-refractivity contribution is 0.355. The van der Waals surface area contributed by atoms with Crippen molar-refractivity contribution < 1.29 is 18.9 Å². The second kappa shape index (κ2) is 8.08. The molecule has 0 aromatic heterocycles. The van der Waals surface area contributed by atoms with Crippen molar-refractivity contribution in [2.75, 3.05) is 38.5 Å². The van der Waals surface area contributed by atoms with Crippen LogP contribution in [0.25, 0.3) is 0 Å². The lowest BCUT2D eigenvalue weighted by atomic mass is 10.2. The fourth-order valence-corrected chi connectivity index (χ4v) is 2.92. The van der Waals surface area contributed by atoms with Gasteiger partial charge in [0.25, 0.3) is 0 Å². The molecular formula is C20H24N4O4. The first-order valence-electron chi connectivity index (χ1n) is 8.67. The molecule has 0 saturated heterocycles. The van der Waals surface area contributed by atoms with Gasteiger partial charge in [-0.25, -0.2) is 10.0 Å². The van der Waals surface area contributed by atoms with Crippen LogP contribution >= 0.6 is 0 Å². The molecule has 28 heavy (non-hydrogen) atoms. The SMILES string of the molecule is COc1ccc(N2N=C(C)N(c3ccc(OC)c(OC)c3)N=C2C)cc1OC. The summed E-state index contributed by atoms with van der Waals surface area (Å²) in [6.07, 6.45) is 0. The molecule has 0 spiro atoms. The lowest BCUT2D eigenvalue weighted by Crippen LogP contribution is -2.37. The van der Waals surface area contributed by atoms with E-state index >= 15 is 0 Å². The monoisotopic (exact) mass is 384 g/mol. The number of nitrogens with zero attached hydrogens (tertiary/aromatic N) is 4. The molecule has 0 amide bonds. The van der Waals surface area contributed by atoms with Crippen molar-refractivity contribution in [3.8, 4) is 23.0 Å². The summed E-state index contributed by atoms with van der Waals surface area (Å²) in [7, 11) is 6.42. The average molecular weight is 384 g/mol. The Hall–Kier alpha value is -3.42. The molecule has 0 unspecified atom stereocenters. The van der Waals surface area contributed by atoms with Crippen LogP contribution in [0.5, 0.6) is 23.0 Å². The molecule has 0 N–H and O–H groups in total. The van der Waals surface area contributed by atoms with Crippen LogP contribution in [0, 0.1) is 0 Å². The third-order valence-electron chi connectivity index (χ3n) is 4.33. The maximum atomic E-state index is 5.39. The van der Waals surface area contributed by atoms with Crippen LogP contribution in [0.15, 0.2) is 46.6 Å². The zero-order valence-corrected chi connectivity index (χ0v) is 16.9. The molecular weight excluding hydrogens is 360 g/mol. The van der Waals surface area contributed by atoms with Crippen molar-refractivity contribution in [2.24, 2.45) is 10.2 Å². The lowest BCUT2D eigenvalue weighted by Gasteiger charge is -2.30. The van der Waals surface area contributed by atoms with Crippen molar-refractivity contribution in [1.82, 2.24) is 0 Å². The average Bonchev–Trinajstić information content (AvgIpc) is 2.73. The second-order valence-electron chi connectivity index (χ2n) is 6.00. The van der Waals surface area contributed by atoms with E-state index < -0.39 is 0 Å². The first kappa shape index (κ1) is 19.3. The Kier molecular flexibility index (Phi) is 5.58. The molecule has 0 saturated carbocycles. The molecule has 0 bridgehead atoms. The number of hydrogen-bond acceptors (Lipinski definition) is 8. The number of benzene rings is 2. The van der Waals surface area contributed by atoms with Gasteiger partial charge in [0.15, 0.2) is 23.0 Å². The van der Waals surface area contributed by atoms with Crippen LogP contribution in [0.4, 0.5) is 11.4 Å². The minimum atomic E-state index is 0.628. The summed E-state index contributed by atoms with van der Waals surface area (Å²) in [4.78, 5) is 0. The summed E-state index contributed by atoms with van der Waals surface area (Å²) in [6, 6.07) is 11.2. The summed E-state index contributed by atoms with van der Waals surface area (Å²) in [6.45, 7) is 3.78. The third kappa shape index (κ3) is 3.53. The number of hydrogen-bond donors (Lipinski definition) is 0. The summed E-state index contributed by atoms with van der Waals surface area (Å²) >= 11 is 0. The Morgan fingerprint density at radius 2 is 0.929 bits per heavy atom. The van der Waals surface area contributed by atoms with Gasteiger partial charge in [0.2, 0.25) is 0 Å². The molecule has 0 aliphatic carbocycles. The van der Waals surface area contributed by atoms with Crippen LogP contribution in [0.1, 0.15) is 13.8 Å². The number of rotatable bonds is 6. The normalized spacial score (nSPS) is 13.6. The predicted molar refractivity (Wildman–Crippen MR) is 110 cm³/mol. The maximum Gasteiger partial charge on any atom is 0.162 e. The van der Waals surface area contributed by atoms with Gasteiger partial charge >= 0.3 is 0 Å². The van der Waals surface area contributed by atoms with Crippen molar-refractivity contribution in [1.29, 1.82) is 0 Å². The number of hydrazone groups is 2. The summed E-state index contributed by atoms with van der Waals surface area (Å²) in [5.74, 6) is 3.97. The number of ether oxygens (including phenoxy) is 4. The molecule has 0 radical (unpaired) electrons. The van der Waals surface area contributed by atoms with Crippen molar-refractivity contribution >= 4 is 23.0 Å². The smallest absolute Gasteiger partial charge is 0.162 e. The van der Waals surface area contributed by atoms with E-state index in [1.807, 2.05) is 50.2 Å². The van der Waals surface area contributed by atoms with Gasteiger partial charge in [-0.3, -0.25) is 0 Å². The molecule has 1 aliphatic rings. The molecule has 1 aliphatic heterocycles. The van der Waals surface area contributed by atoms with Crippen LogP contribution in [0.2, 0.25) is 0 Å². The fraction of sp³-hybridized carbons (Fsp3) is 0.300. The zero-order valence-electron chi connectivity index (χ0n) is 16.9. The molecule has 1 heterocycles. The molecule has 2 aromatic rings. The molecule has 8 heteroatoms. The molecule has 8 nitrogen and oxygen atoms in total. The van der Waals surface area contributed by atoms with Gasteiger partial charge in [0.1, 0.15) is 11.7 Å². The quantitative estimate of drug-likeness (QED) is 0.756. The van der Waals surface area contributed by atoms with E-state index in [-0.39, 0.29) is 0 Å². The van der Waals surface area contributed by atoms with E-state index in [2.05, 4.69) is 0 Å². The first-order chi connectivity index (χ1) is 13.5. The third-order valence-corrected chi connectivity index (χ3v) is 4.33. The Morgan fingerprint density at radius 1 is 0.571 bits per heavy atom. The number of anilines is 2. The Bertz CT molecular complexity index is 851. The topological polar surface area (TPSA) is 68.1 Å². The van der Waals surface area contributed by atoms with Gasteiger partial charge in [0.05, 0.1) is 39.8 Å². The minimum Gasteiger partial charge on any atom is -0.493 e. The van der Waals surface area contributed by atoms with Gasteiger partial charge in [-0.15, -0.1) is 0 Å². The standard InChI is InChI=1S/C20H24N4O4/c1-13-21-24(16-8-10-18(26-4)20(12-16)28-6)14(2)22-23(13)15-7-9-17(25-3)19(11-15)27-5/h7-12H,1-6H3. The Morgan fingerprint density at radius 3 is 1.25 bits per heavy atom. The van der Waals surface area contributed by atoms with Crippen molar-refractivity contribution in [2.45, 2.75) is 13.8 Å². The van der Waals surface area contributed by atoms with E-state index in [9.17, 15) is 0 Å². The Balaban J connectivity index is 1.94. The maximum absolute atomic E-state index is 5.39. The van der Waals surface area contributed by atoms with Gasteiger partial charge in [0, 0.05) is 12.1 Å². The van der Waals surface area contributed by atoms with Crippen LogP contribution < -0.4 is 29.0 Å². The minimum absolute atomic E-state index is 0.628. The van der Waals surface area contributed by atoms with Crippen molar-refractivity contribution in [3.05, 3.63) is 36.4 Å². The van der Waals surface area contributed by atoms with E-state index in [4.69, 9.17) is 29.2 Å². The van der Waals surface area contributed by atoms with Gasteiger partial charge < -0.3 is 18.9 Å². The molecule has 0 fully saturated rings. The van der Waals surface area contributed by atoms with Crippen LogP contribution in [-0.2, 0) is 0 Å². The largest absolute Gasteiger partial charge is 0.493 e. The molecule has 148 valence electrons. The molecule has 2 aromatic carbocycles. The predicted octanol–water partition coefficient (Wildman–Crippen LogP) is 3.71. The summed E-state index contributed by atoms with van der Waals surface area (Å²) in [5.41, 5.74) is 1.65. The molecule has 0 atom stereocenters. The zero-order chi connectivity index (χ0) is 20.3. The summed E-state index contributed by atoms with van der Waals surface area (Å²) in [5, 5.41) is 12.9.